The third kappa shape index (κ3) is 2.80. The lowest BCUT2D eigenvalue weighted by molar-refractivity contribution is 0.360. The second-order valence-corrected chi connectivity index (χ2v) is 5.30. The molecule has 1 saturated heterocycles. The molecule has 0 unspecified atom stereocenters. The predicted molar refractivity (Wildman–Crippen MR) is 69.2 cm³/mol. The van der Waals surface area contributed by atoms with Crippen LogP contribution in [0.2, 0.25) is 0 Å². The summed E-state index contributed by atoms with van der Waals surface area (Å²) in [7, 11) is 0. The molecule has 0 atom stereocenters. The van der Waals surface area contributed by atoms with Gasteiger partial charge in [-0.15, -0.1) is 0 Å². The highest BCUT2D eigenvalue weighted by atomic mass is 15.2. The van der Waals surface area contributed by atoms with E-state index in [9.17, 15) is 0 Å². The Bertz CT molecular complexity index is 350. The van der Waals surface area contributed by atoms with Crippen LogP contribution in [0.1, 0.15) is 38.1 Å². The molecule has 0 aromatic carbocycles. The Kier molecular flexibility index (Phi) is 3.31. The van der Waals surface area contributed by atoms with Gasteiger partial charge in [0.1, 0.15) is 0 Å². The van der Waals surface area contributed by atoms with E-state index in [1.54, 1.807) is 0 Å². The molecule has 94 valence electrons. The molecule has 0 amide bonds. The lowest BCUT2D eigenvalue weighted by atomic mass is 9.95. The molecule has 4 nitrogen and oxygen atoms in total. The molecule has 1 aliphatic heterocycles. The van der Waals surface area contributed by atoms with E-state index in [0.29, 0.717) is 0 Å². The number of anilines is 1. The second-order valence-electron chi connectivity index (χ2n) is 5.30. The Labute approximate surface area is 103 Å². The van der Waals surface area contributed by atoms with Crippen molar-refractivity contribution in [1.82, 2.24) is 14.9 Å². The van der Waals surface area contributed by atoms with Crippen molar-refractivity contribution in [2.75, 3.05) is 25.0 Å². The smallest absolute Gasteiger partial charge is 0.203 e. The summed E-state index contributed by atoms with van der Waals surface area (Å²) in [5.74, 6) is 1.97. The molecule has 0 spiro atoms. The van der Waals surface area contributed by atoms with E-state index in [1.165, 1.54) is 45.2 Å². The summed E-state index contributed by atoms with van der Waals surface area (Å²) in [4.78, 5) is 4.40. The van der Waals surface area contributed by atoms with Crippen molar-refractivity contribution in [1.29, 1.82) is 0 Å². The lowest BCUT2D eigenvalue weighted by Crippen LogP contribution is -2.28. The van der Waals surface area contributed by atoms with Crippen LogP contribution in [-0.4, -0.2) is 29.2 Å². The van der Waals surface area contributed by atoms with E-state index in [1.807, 2.05) is 6.20 Å². The summed E-state index contributed by atoms with van der Waals surface area (Å²) in [6.45, 7) is 3.46. The van der Waals surface area contributed by atoms with Crippen molar-refractivity contribution in [3.05, 3.63) is 12.4 Å². The van der Waals surface area contributed by atoms with Gasteiger partial charge in [-0.05, 0) is 51.1 Å². The number of hydrogen-bond acceptors (Lipinski definition) is 3. The average Bonchev–Trinajstić information content (AvgIpc) is 3.11. The first kappa shape index (κ1) is 11.1. The van der Waals surface area contributed by atoms with Crippen LogP contribution in [0.3, 0.4) is 0 Å². The average molecular weight is 234 g/mol. The molecular formula is C13H22N4. The molecule has 1 aromatic rings. The second kappa shape index (κ2) is 5.08. The summed E-state index contributed by atoms with van der Waals surface area (Å²) in [6, 6.07) is 0.721. The van der Waals surface area contributed by atoms with Crippen LogP contribution in [0.25, 0.3) is 0 Å². The molecule has 1 aliphatic carbocycles. The van der Waals surface area contributed by atoms with Crippen molar-refractivity contribution >= 4 is 5.95 Å². The fraction of sp³-hybridized carbons (Fsp3) is 0.769. The summed E-state index contributed by atoms with van der Waals surface area (Å²) < 4.78 is 2.29. The maximum Gasteiger partial charge on any atom is 0.203 e. The fourth-order valence-electron chi connectivity index (χ4n) is 2.66. The van der Waals surface area contributed by atoms with Crippen molar-refractivity contribution in [2.24, 2.45) is 5.92 Å². The third-order valence-electron chi connectivity index (χ3n) is 3.90. The monoisotopic (exact) mass is 234 g/mol. The standard InChI is InChI=1S/C13H22N4/c1-2-12(1)17-10-9-16-13(17)15-8-5-11-3-6-14-7-4-11/h9-12,14H,1-8H2,(H,15,16). The van der Waals surface area contributed by atoms with E-state index >= 15 is 0 Å². The molecule has 17 heavy (non-hydrogen) atoms. The quantitative estimate of drug-likeness (QED) is 0.819. The fourth-order valence-corrected chi connectivity index (χ4v) is 2.66. The lowest BCUT2D eigenvalue weighted by Gasteiger charge is -2.22. The summed E-state index contributed by atoms with van der Waals surface area (Å²) in [6.07, 6.45) is 10.6. The summed E-state index contributed by atoms with van der Waals surface area (Å²) >= 11 is 0. The Morgan fingerprint density at radius 3 is 2.88 bits per heavy atom. The van der Waals surface area contributed by atoms with Crippen LogP contribution in [-0.2, 0) is 0 Å². The zero-order valence-corrected chi connectivity index (χ0v) is 10.4. The van der Waals surface area contributed by atoms with E-state index in [-0.39, 0.29) is 0 Å². The van der Waals surface area contributed by atoms with Gasteiger partial charge in [-0.1, -0.05) is 0 Å². The minimum atomic E-state index is 0.721. The zero-order chi connectivity index (χ0) is 11.5. The molecule has 1 aromatic heterocycles. The zero-order valence-electron chi connectivity index (χ0n) is 10.4. The van der Waals surface area contributed by atoms with Gasteiger partial charge in [0.05, 0.1) is 0 Å². The van der Waals surface area contributed by atoms with Crippen LogP contribution in [0, 0.1) is 5.92 Å². The van der Waals surface area contributed by atoms with Crippen molar-refractivity contribution in [2.45, 2.75) is 38.1 Å². The topological polar surface area (TPSA) is 41.9 Å². The molecule has 0 radical (unpaired) electrons. The number of piperidine rings is 1. The Morgan fingerprint density at radius 2 is 2.12 bits per heavy atom. The molecule has 0 bridgehead atoms. The number of nitrogens with zero attached hydrogens (tertiary/aromatic N) is 2. The van der Waals surface area contributed by atoms with Crippen molar-refractivity contribution in [3.63, 3.8) is 0 Å². The summed E-state index contributed by atoms with van der Waals surface area (Å²) in [5.41, 5.74) is 0. The molecule has 2 aliphatic rings. The van der Waals surface area contributed by atoms with Crippen LogP contribution in [0.15, 0.2) is 12.4 Å². The van der Waals surface area contributed by atoms with Gasteiger partial charge in [-0.2, -0.15) is 0 Å². The number of imidazole rings is 1. The Morgan fingerprint density at radius 1 is 1.29 bits per heavy atom. The molecule has 4 heteroatoms. The highest BCUT2D eigenvalue weighted by Gasteiger charge is 2.25. The minimum Gasteiger partial charge on any atom is -0.356 e. The van der Waals surface area contributed by atoms with Gasteiger partial charge < -0.3 is 15.2 Å². The molecule has 1 saturated carbocycles. The first-order valence-corrected chi connectivity index (χ1v) is 6.91. The van der Waals surface area contributed by atoms with E-state index in [4.69, 9.17) is 0 Å². The van der Waals surface area contributed by atoms with Crippen molar-refractivity contribution in [3.8, 4) is 0 Å². The normalized spacial score (nSPS) is 21.6. The van der Waals surface area contributed by atoms with Gasteiger partial charge >= 0.3 is 0 Å². The Balaban J connectivity index is 1.45. The molecular weight excluding hydrogens is 212 g/mol. The molecule has 3 rings (SSSR count). The predicted octanol–water partition coefficient (Wildman–Crippen LogP) is 2.02. The third-order valence-corrected chi connectivity index (χ3v) is 3.90. The molecule has 2 fully saturated rings. The van der Waals surface area contributed by atoms with Gasteiger partial charge in [-0.25, -0.2) is 4.98 Å². The van der Waals surface area contributed by atoms with Crippen LogP contribution < -0.4 is 10.6 Å². The Hall–Kier alpha value is -1.03. The molecule has 2 N–H and O–H groups in total. The number of nitrogens with one attached hydrogen (secondary N) is 2. The van der Waals surface area contributed by atoms with E-state index < -0.39 is 0 Å². The first-order valence-electron chi connectivity index (χ1n) is 6.91. The van der Waals surface area contributed by atoms with Crippen molar-refractivity contribution < 1.29 is 0 Å². The largest absolute Gasteiger partial charge is 0.356 e. The van der Waals surface area contributed by atoms with Gasteiger partial charge in [-0.3, -0.25) is 0 Å². The SMILES string of the molecule is c1cn(C2CC2)c(NCCC2CCNCC2)n1. The highest BCUT2D eigenvalue weighted by molar-refractivity contribution is 5.27. The maximum absolute atomic E-state index is 4.40. The van der Waals surface area contributed by atoms with Crippen LogP contribution in [0.5, 0.6) is 0 Å². The van der Waals surface area contributed by atoms with Gasteiger partial charge in [0, 0.05) is 25.0 Å². The van der Waals surface area contributed by atoms with Gasteiger partial charge in [0.15, 0.2) is 0 Å². The van der Waals surface area contributed by atoms with Crippen LogP contribution in [0.4, 0.5) is 5.95 Å². The maximum atomic E-state index is 4.40. The van der Waals surface area contributed by atoms with E-state index in [2.05, 4.69) is 26.4 Å². The van der Waals surface area contributed by atoms with Crippen LogP contribution >= 0.6 is 0 Å². The van der Waals surface area contributed by atoms with E-state index in [0.717, 1.165) is 24.5 Å². The number of aromatic nitrogens is 2. The number of hydrogen-bond donors (Lipinski definition) is 2. The van der Waals surface area contributed by atoms with Gasteiger partial charge in [0.2, 0.25) is 5.95 Å². The van der Waals surface area contributed by atoms with Gasteiger partial charge in [0.25, 0.3) is 0 Å². The minimum absolute atomic E-state index is 0.721. The number of rotatable bonds is 5. The summed E-state index contributed by atoms with van der Waals surface area (Å²) in [5, 5.41) is 6.91. The molecule has 2 heterocycles. The highest BCUT2D eigenvalue weighted by Crippen LogP contribution is 2.36. The first-order chi connectivity index (χ1) is 8.43.